The van der Waals surface area contributed by atoms with Crippen LogP contribution < -0.4 is 19.9 Å². The summed E-state index contributed by atoms with van der Waals surface area (Å²) in [4.78, 5) is 26.3. The number of piperazine rings is 1. The van der Waals surface area contributed by atoms with Crippen molar-refractivity contribution in [3.05, 3.63) is 66.0 Å². The molecule has 1 aliphatic heterocycles. The molecule has 4 rings (SSSR count). The number of hydrogen-bond donors (Lipinski definition) is 1. The van der Waals surface area contributed by atoms with Crippen LogP contribution in [-0.2, 0) is 4.79 Å². The summed E-state index contributed by atoms with van der Waals surface area (Å²) >= 11 is 1.42. The highest BCUT2D eigenvalue weighted by Crippen LogP contribution is 2.31. The second-order valence-corrected chi connectivity index (χ2v) is 8.95. The molecule has 1 saturated heterocycles. The Morgan fingerprint density at radius 1 is 1.03 bits per heavy atom. The van der Waals surface area contributed by atoms with E-state index in [1.54, 1.807) is 19.5 Å². The van der Waals surface area contributed by atoms with Gasteiger partial charge in [-0.15, -0.1) is 0 Å². The second kappa shape index (κ2) is 10.6. The van der Waals surface area contributed by atoms with Crippen molar-refractivity contribution in [2.24, 2.45) is 0 Å². The number of nitrogens with one attached hydrogen (secondary N) is 1. The Morgan fingerprint density at radius 2 is 1.76 bits per heavy atom. The van der Waals surface area contributed by atoms with E-state index in [0.717, 1.165) is 65.3 Å². The molecule has 1 amide bonds. The van der Waals surface area contributed by atoms with Gasteiger partial charge in [0.25, 0.3) is 0 Å². The molecule has 7 nitrogen and oxygen atoms in total. The largest absolute Gasteiger partial charge is 0.495 e. The van der Waals surface area contributed by atoms with Crippen LogP contribution >= 0.6 is 11.8 Å². The molecule has 2 aromatic carbocycles. The molecule has 1 aromatic heterocycles. The second-order valence-electron chi connectivity index (χ2n) is 7.99. The highest BCUT2D eigenvalue weighted by Gasteiger charge is 2.23. The summed E-state index contributed by atoms with van der Waals surface area (Å²) in [5.74, 6) is 1.95. The molecule has 0 radical (unpaired) electrons. The average molecular weight is 464 g/mol. The van der Waals surface area contributed by atoms with Gasteiger partial charge in [-0.05, 0) is 43.2 Å². The maximum Gasteiger partial charge on any atom is 0.234 e. The van der Waals surface area contributed by atoms with E-state index in [9.17, 15) is 4.79 Å². The lowest BCUT2D eigenvalue weighted by molar-refractivity contribution is -0.113. The number of aromatic nitrogens is 2. The molecule has 33 heavy (non-hydrogen) atoms. The molecule has 1 fully saturated rings. The number of hydrogen-bond acceptors (Lipinski definition) is 7. The van der Waals surface area contributed by atoms with E-state index in [4.69, 9.17) is 4.74 Å². The minimum Gasteiger partial charge on any atom is -0.495 e. The monoisotopic (exact) mass is 463 g/mol. The molecule has 0 bridgehead atoms. The highest BCUT2D eigenvalue weighted by molar-refractivity contribution is 8.00. The van der Waals surface area contributed by atoms with Crippen LogP contribution in [0.2, 0.25) is 0 Å². The normalized spacial score (nSPS) is 13.7. The molecular formula is C25H29N5O2S. The Balaban J connectivity index is 1.38. The van der Waals surface area contributed by atoms with Gasteiger partial charge in [0.1, 0.15) is 10.8 Å². The molecule has 8 heteroatoms. The van der Waals surface area contributed by atoms with Gasteiger partial charge < -0.3 is 19.9 Å². The van der Waals surface area contributed by atoms with Crippen LogP contribution in [0.5, 0.6) is 5.75 Å². The number of thioether (sulfide) groups is 1. The summed E-state index contributed by atoms with van der Waals surface area (Å²) < 4.78 is 5.52. The summed E-state index contributed by atoms with van der Waals surface area (Å²) in [7, 11) is 1.70. The predicted molar refractivity (Wildman–Crippen MR) is 135 cm³/mol. The Kier molecular flexibility index (Phi) is 7.34. The molecular weight excluding hydrogens is 434 g/mol. The number of benzene rings is 2. The van der Waals surface area contributed by atoms with Crippen LogP contribution in [0.15, 0.2) is 59.9 Å². The molecule has 0 spiro atoms. The average Bonchev–Trinajstić information content (AvgIpc) is 2.85. The first-order valence-electron chi connectivity index (χ1n) is 11.0. The van der Waals surface area contributed by atoms with Crippen molar-refractivity contribution < 1.29 is 9.53 Å². The van der Waals surface area contributed by atoms with Crippen LogP contribution in [0.1, 0.15) is 11.1 Å². The van der Waals surface area contributed by atoms with Crippen LogP contribution in [0.4, 0.5) is 17.2 Å². The Hall–Kier alpha value is -3.26. The zero-order chi connectivity index (χ0) is 23.2. The van der Waals surface area contributed by atoms with Crippen molar-refractivity contribution in [2.45, 2.75) is 18.9 Å². The minimum atomic E-state index is -0.0497. The van der Waals surface area contributed by atoms with Gasteiger partial charge in [0.05, 0.1) is 18.6 Å². The molecule has 0 atom stereocenters. The van der Waals surface area contributed by atoms with Gasteiger partial charge in [-0.2, -0.15) is 0 Å². The third-order valence-corrected chi connectivity index (χ3v) is 6.63. The molecule has 172 valence electrons. The van der Waals surface area contributed by atoms with Gasteiger partial charge in [-0.1, -0.05) is 36.0 Å². The maximum atomic E-state index is 12.6. The molecule has 0 aliphatic carbocycles. The third-order valence-electron chi connectivity index (χ3n) is 5.66. The fourth-order valence-corrected chi connectivity index (χ4v) is 4.66. The first-order chi connectivity index (χ1) is 16.0. The zero-order valence-electron chi connectivity index (χ0n) is 19.2. The van der Waals surface area contributed by atoms with Crippen LogP contribution in [0.3, 0.4) is 0 Å². The first-order valence-corrected chi connectivity index (χ1v) is 12.0. The van der Waals surface area contributed by atoms with Crippen LogP contribution in [0, 0.1) is 13.8 Å². The zero-order valence-corrected chi connectivity index (χ0v) is 20.1. The number of rotatable bonds is 7. The number of carbonyl (C=O) groups is 1. The topological polar surface area (TPSA) is 70.6 Å². The lowest BCUT2D eigenvalue weighted by Crippen LogP contribution is -2.47. The highest BCUT2D eigenvalue weighted by atomic mass is 32.2. The number of anilines is 3. The van der Waals surface area contributed by atoms with Crippen molar-refractivity contribution in [1.82, 2.24) is 9.97 Å². The van der Waals surface area contributed by atoms with Crippen molar-refractivity contribution >= 4 is 34.9 Å². The number of nitrogens with zero attached hydrogens (tertiary/aromatic N) is 4. The van der Waals surface area contributed by atoms with Gasteiger partial charge >= 0.3 is 0 Å². The number of methoxy groups -OCH3 is 1. The standard InChI is InChI=1S/C25H29N5O2S/c1-18-8-9-19(2)20(16-18)28-23(31)17-33-25-24(26-10-11-27-25)30-14-12-29(13-15-30)21-6-4-5-7-22(21)32-3/h4-11,16H,12-15,17H2,1-3H3,(H,28,31). The molecule has 0 unspecified atom stereocenters. The number of para-hydroxylation sites is 2. The van der Waals surface area contributed by atoms with E-state index in [0.29, 0.717) is 0 Å². The summed E-state index contributed by atoms with van der Waals surface area (Å²) in [6, 6.07) is 14.1. The fourth-order valence-electron chi connectivity index (χ4n) is 3.88. The first kappa shape index (κ1) is 22.9. The minimum absolute atomic E-state index is 0.0497. The van der Waals surface area contributed by atoms with Gasteiger partial charge in [0.2, 0.25) is 5.91 Å². The number of carbonyl (C=O) groups excluding carboxylic acids is 1. The molecule has 0 saturated carbocycles. The predicted octanol–water partition coefficient (Wildman–Crippen LogP) is 4.16. The Morgan fingerprint density at radius 3 is 2.55 bits per heavy atom. The van der Waals surface area contributed by atoms with Crippen molar-refractivity contribution in [3.8, 4) is 5.75 Å². The van der Waals surface area contributed by atoms with Gasteiger partial charge in [0.15, 0.2) is 5.82 Å². The molecule has 1 aliphatic rings. The van der Waals surface area contributed by atoms with Crippen molar-refractivity contribution in [1.29, 1.82) is 0 Å². The third kappa shape index (κ3) is 5.57. The van der Waals surface area contributed by atoms with Crippen LogP contribution in [0.25, 0.3) is 0 Å². The summed E-state index contributed by atoms with van der Waals surface area (Å²) in [5, 5.41) is 3.79. The quantitative estimate of drug-likeness (QED) is 0.528. The van der Waals surface area contributed by atoms with E-state index in [-0.39, 0.29) is 11.7 Å². The number of aryl methyl sites for hydroxylation is 2. The number of amides is 1. The Labute approximate surface area is 199 Å². The number of ether oxygens (including phenoxy) is 1. The van der Waals surface area contributed by atoms with Crippen LogP contribution in [-0.4, -0.2) is 54.9 Å². The maximum absolute atomic E-state index is 12.6. The van der Waals surface area contributed by atoms with E-state index in [2.05, 4.69) is 31.2 Å². The summed E-state index contributed by atoms with van der Waals surface area (Å²) in [6.45, 7) is 7.36. The SMILES string of the molecule is COc1ccccc1N1CCN(c2nccnc2SCC(=O)Nc2cc(C)ccc2C)CC1. The molecule has 3 aromatic rings. The van der Waals surface area contributed by atoms with Gasteiger partial charge in [-0.25, -0.2) is 9.97 Å². The lowest BCUT2D eigenvalue weighted by Gasteiger charge is -2.37. The van der Waals surface area contributed by atoms with E-state index < -0.39 is 0 Å². The molecule has 2 heterocycles. The summed E-state index contributed by atoms with van der Waals surface area (Å²) in [5.41, 5.74) is 4.13. The Bertz CT molecular complexity index is 1120. The molecule has 1 N–H and O–H groups in total. The summed E-state index contributed by atoms with van der Waals surface area (Å²) in [6.07, 6.45) is 3.39. The van der Waals surface area contributed by atoms with Crippen molar-refractivity contribution in [3.63, 3.8) is 0 Å². The van der Waals surface area contributed by atoms with Gasteiger partial charge in [0, 0.05) is 44.3 Å². The van der Waals surface area contributed by atoms with E-state index in [1.807, 2.05) is 50.2 Å². The fraction of sp³-hybridized carbons (Fsp3) is 0.320. The van der Waals surface area contributed by atoms with Crippen molar-refractivity contribution in [2.75, 3.05) is 54.2 Å². The van der Waals surface area contributed by atoms with E-state index in [1.165, 1.54) is 11.8 Å². The smallest absolute Gasteiger partial charge is 0.234 e. The lowest BCUT2D eigenvalue weighted by atomic mass is 10.1. The van der Waals surface area contributed by atoms with E-state index >= 15 is 0 Å². The van der Waals surface area contributed by atoms with Gasteiger partial charge in [-0.3, -0.25) is 4.79 Å².